The molecule has 3 aliphatic rings. The molecule has 0 spiro atoms. The molecule has 11 nitrogen and oxygen atoms in total. The molecular weight excluding hydrogens is 520 g/mol. The van der Waals surface area contributed by atoms with Gasteiger partial charge in [-0.05, 0) is 63.9 Å². The lowest BCUT2D eigenvalue weighted by atomic mass is 9.99. The second kappa shape index (κ2) is 11.8. The third-order valence-electron chi connectivity index (χ3n) is 8.54. The minimum absolute atomic E-state index is 0.0337. The zero-order valence-electron chi connectivity index (χ0n) is 23.6. The van der Waals surface area contributed by atoms with Crippen LogP contribution in [-0.4, -0.2) is 78.2 Å². The maximum atomic E-state index is 13.8. The molecule has 3 aromatic rings. The topological polar surface area (TPSA) is 129 Å². The fourth-order valence-corrected chi connectivity index (χ4v) is 6.46. The average molecular weight is 559 g/mol. The summed E-state index contributed by atoms with van der Waals surface area (Å²) in [6.07, 6.45) is 6.53. The van der Waals surface area contributed by atoms with Gasteiger partial charge in [0.25, 0.3) is 5.91 Å². The molecule has 41 heavy (non-hydrogen) atoms. The molecule has 11 heteroatoms. The summed E-state index contributed by atoms with van der Waals surface area (Å²) in [5, 5.41) is 15.4. The van der Waals surface area contributed by atoms with Crippen LogP contribution < -0.4 is 5.32 Å². The smallest absolute Gasteiger partial charge is 0.274 e. The highest BCUT2D eigenvalue weighted by molar-refractivity contribution is 5.94. The van der Waals surface area contributed by atoms with Gasteiger partial charge in [-0.2, -0.15) is 10.2 Å². The van der Waals surface area contributed by atoms with Crippen LogP contribution in [0.25, 0.3) is 0 Å². The number of fused-ring (bicyclic) bond motifs is 3. The Kier molecular flexibility index (Phi) is 7.84. The van der Waals surface area contributed by atoms with Crippen molar-refractivity contribution in [1.29, 1.82) is 0 Å². The van der Waals surface area contributed by atoms with E-state index in [1.165, 1.54) is 0 Å². The third-order valence-corrected chi connectivity index (χ3v) is 8.54. The standard InChI is InChI=1S/C30H38N8O3/c1-20-31-28-24(19-21-9-3-2-4-10-21)32-29(40)25-13-5-6-16-37(25)26(39)14-8-15-36(17-18-38(28)35-20)30(41)27-22-11-7-12-23(22)33-34-27/h2-4,9-10,24-25H,5-8,11-19H2,1H3,(H,32,40)(H,33,34)/t24-,25+/m1/s1. The molecule has 0 bridgehead atoms. The quantitative estimate of drug-likeness (QED) is 0.508. The summed E-state index contributed by atoms with van der Waals surface area (Å²) in [7, 11) is 0. The number of piperidine rings is 1. The van der Waals surface area contributed by atoms with Gasteiger partial charge in [0.15, 0.2) is 5.69 Å². The van der Waals surface area contributed by atoms with Gasteiger partial charge in [-0.3, -0.25) is 19.5 Å². The fourth-order valence-electron chi connectivity index (χ4n) is 6.46. The van der Waals surface area contributed by atoms with Crippen LogP contribution in [0.15, 0.2) is 30.3 Å². The second-order valence-corrected chi connectivity index (χ2v) is 11.4. The maximum absolute atomic E-state index is 13.8. The van der Waals surface area contributed by atoms with Crippen LogP contribution in [0, 0.1) is 6.92 Å². The van der Waals surface area contributed by atoms with Crippen molar-refractivity contribution in [3.63, 3.8) is 0 Å². The number of aryl methyl sites for hydroxylation is 2. The Morgan fingerprint density at radius 3 is 2.68 bits per heavy atom. The molecule has 0 radical (unpaired) electrons. The van der Waals surface area contributed by atoms with Gasteiger partial charge >= 0.3 is 0 Å². The van der Waals surface area contributed by atoms with E-state index in [0.29, 0.717) is 62.8 Å². The van der Waals surface area contributed by atoms with E-state index in [0.717, 1.165) is 48.9 Å². The number of H-pyrrole nitrogens is 1. The van der Waals surface area contributed by atoms with Crippen LogP contribution >= 0.6 is 0 Å². The number of hydrogen-bond acceptors (Lipinski definition) is 6. The summed E-state index contributed by atoms with van der Waals surface area (Å²) >= 11 is 0. The number of amides is 3. The second-order valence-electron chi connectivity index (χ2n) is 11.4. The molecule has 1 aliphatic carbocycles. The molecule has 0 unspecified atom stereocenters. The van der Waals surface area contributed by atoms with E-state index < -0.39 is 12.1 Å². The number of nitrogens with one attached hydrogen (secondary N) is 2. The zero-order chi connectivity index (χ0) is 28.3. The Labute approximate surface area is 239 Å². The van der Waals surface area contributed by atoms with Gasteiger partial charge in [0, 0.05) is 37.3 Å². The molecule has 2 aliphatic heterocycles. The van der Waals surface area contributed by atoms with Crippen LogP contribution in [0.2, 0.25) is 0 Å². The van der Waals surface area contributed by atoms with Crippen molar-refractivity contribution in [2.45, 2.75) is 83.3 Å². The monoisotopic (exact) mass is 558 g/mol. The van der Waals surface area contributed by atoms with Crippen LogP contribution in [0.5, 0.6) is 0 Å². The van der Waals surface area contributed by atoms with E-state index in [4.69, 9.17) is 4.98 Å². The Balaban J connectivity index is 1.34. The average Bonchev–Trinajstić information content (AvgIpc) is 3.70. The number of aromatic nitrogens is 5. The fraction of sp³-hybridized carbons (Fsp3) is 0.533. The number of carbonyl (C=O) groups excluding carboxylic acids is 3. The summed E-state index contributed by atoms with van der Waals surface area (Å²) in [5.41, 5.74) is 3.62. The predicted octanol–water partition coefficient (Wildman–Crippen LogP) is 2.52. The summed E-state index contributed by atoms with van der Waals surface area (Å²) in [5.74, 6) is 0.959. The SMILES string of the molecule is Cc1nc2n(n1)CCN(C(=O)c1n[nH]c3c1CCC3)CCCC(=O)N1CCCC[C@H]1C(=O)N[C@@H]2Cc1ccccc1. The van der Waals surface area contributed by atoms with Gasteiger partial charge < -0.3 is 15.1 Å². The van der Waals surface area contributed by atoms with Crippen LogP contribution in [-0.2, 0) is 35.4 Å². The van der Waals surface area contributed by atoms with Crippen molar-refractivity contribution in [2.24, 2.45) is 0 Å². The van der Waals surface area contributed by atoms with Crippen LogP contribution in [0.4, 0.5) is 0 Å². The van der Waals surface area contributed by atoms with Gasteiger partial charge in [0.2, 0.25) is 11.8 Å². The van der Waals surface area contributed by atoms with Crippen molar-refractivity contribution < 1.29 is 14.4 Å². The zero-order valence-corrected chi connectivity index (χ0v) is 23.6. The Hall–Kier alpha value is -4.02. The molecule has 2 aromatic heterocycles. The highest BCUT2D eigenvalue weighted by Crippen LogP contribution is 2.25. The van der Waals surface area contributed by atoms with E-state index in [-0.39, 0.29) is 24.1 Å². The van der Waals surface area contributed by atoms with Gasteiger partial charge in [0.1, 0.15) is 17.7 Å². The predicted molar refractivity (Wildman–Crippen MR) is 151 cm³/mol. The first-order valence-electron chi connectivity index (χ1n) is 14.9. The van der Waals surface area contributed by atoms with E-state index in [1.807, 2.05) is 41.9 Å². The molecule has 216 valence electrons. The van der Waals surface area contributed by atoms with Crippen LogP contribution in [0.3, 0.4) is 0 Å². The molecule has 1 fully saturated rings. The highest BCUT2D eigenvalue weighted by atomic mass is 16.2. The van der Waals surface area contributed by atoms with Gasteiger partial charge in [-0.25, -0.2) is 9.67 Å². The molecule has 1 aromatic carbocycles. The van der Waals surface area contributed by atoms with E-state index in [9.17, 15) is 14.4 Å². The summed E-state index contributed by atoms with van der Waals surface area (Å²) < 4.78 is 1.83. The lowest BCUT2D eigenvalue weighted by Crippen LogP contribution is -2.53. The van der Waals surface area contributed by atoms with Gasteiger partial charge in [-0.15, -0.1) is 0 Å². The van der Waals surface area contributed by atoms with Crippen LogP contribution in [0.1, 0.15) is 83.5 Å². The van der Waals surface area contributed by atoms with E-state index >= 15 is 0 Å². The Morgan fingerprint density at radius 1 is 0.976 bits per heavy atom. The Morgan fingerprint density at radius 2 is 1.83 bits per heavy atom. The number of benzene rings is 1. The van der Waals surface area contributed by atoms with Gasteiger partial charge in [-0.1, -0.05) is 30.3 Å². The first-order valence-corrected chi connectivity index (χ1v) is 14.9. The first-order chi connectivity index (χ1) is 20.0. The number of nitrogens with zero attached hydrogens (tertiary/aromatic N) is 6. The number of rotatable bonds is 3. The molecule has 6 rings (SSSR count). The minimum Gasteiger partial charge on any atom is -0.344 e. The van der Waals surface area contributed by atoms with E-state index in [1.54, 1.807) is 9.80 Å². The first kappa shape index (κ1) is 27.2. The lowest BCUT2D eigenvalue weighted by Gasteiger charge is -2.36. The summed E-state index contributed by atoms with van der Waals surface area (Å²) in [6.45, 7) is 3.64. The Bertz CT molecular complexity index is 1410. The van der Waals surface area contributed by atoms with Crippen molar-refractivity contribution in [3.05, 3.63) is 64.5 Å². The largest absolute Gasteiger partial charge is 0.344 e. The molecule has 0 saturated carbocycles. The molecule has 4 heterocycles. The number of aromatic amines is 1. The van der Waals surface area contributed by atoms with Crippen molar-refractivity contribution in [3.8, 4) is 0 Å². The maximum Gasteiger partial charge on any atom is 0.274 e. The number of hydrogen-bond donors (Lipinski definition) is 2. The molecule has 1 saturated heterocycles. The van der Waals surface area contributed by atoms with Gasteiger partial charge in [0.05, 0.1) is 12.6 Å². The molecule has 2 atom stereocenters. The highest BCUT2D eigenvalue weighted by Gasteiger charge is 2.35. The minimum atomic E-state index is -0.515. The van der Waals surface area contributed by atoms with Crippen molar-refractivity contribution >= 4 is 17.7 Å². The molecule has 3 amide bonds. The molecule has 2 N–H and O–H groups in total. The third kappa shape index (κ3) is 5.75. The lowest BCUT2D eigenvalue weighted by molar-refractivity contribution is -0.142. The normalized spacial score (nSPS) is 22.0. The molecular formula is C30H38N8O3. The number of carbonyl (C=O) groups is 3. The van der Waals surface area contributed by atoms with E-state index in [2.05, 4.69) is 20.6 Å². The van der Waals surface area contributed by atoms with Crippen molar-refractivity contribution in [2.75, 3.05) is 19.6 Å². The summed E-state index contributed by atoms with van der Waals surface area (Å²) in [4.78, 5) is 49.2. The summed E-state index contributed by atoms with van der Waals surface area (Å²) in [6, 6.07) is 9.04. The van der Waals surface area contributed by atoms with Crippen molar-refractivity contribution in [1.82, 2.24) is 40.1 Å².